The largest absolute Gasteiger partial charge is 0.362 e. The van der Waals surface area contributed by atoms with Gasteiger partial charge in [-0.25, -0.2) is 8.42 Å². The van der Waals surface area contributed by atoms with Crippen LogP contribution in [0.25, 0.3) is 11.1 Å². The summed E-state index contributed by atoms with van der Waals surface area (Å²) in [6, 6.07) is 14.8. The van der Waals surface area contributed by atoms with Gasteiger partial charge in [-0.15, -0.1) is 0 Å². The zero-order chi connectivity index (χ0) is 16.4. The fourth-order valence-electron chi connectivity index (χ4n) is 2.17. The molecule has 5 nitrogen and oxygen atoms in total. The Morgan fingerprint density at radius 2 is 1.48 bits per heavy atom. The van der Waals surface area contributed by atoms with Crippen molar-refractivity contribution in [1.29, 1.82) is 0 Å². The van der Waals surface area contributed by atoms with E-state index in [1.165, 1.54) is 11.8 Å². The molecule has 23 heavy (non-hydrogen) atoms. The maximum Gasteiger partial charge on any atom is 0.262 e. The molecule has 0 saturated carbocycles. The number of sulfonamides is 1. The monoisotopic (exact) mass is 328 g/mol. The number of hydrogen-bond donors (Lipinski definition) is 1. The highest BCUT2D eigenvalue weighted by Gasteiger charge is 2.16. The van der Waals surface area contributed by atoms with Crippen LogP contribution in [0.15, 0.2) is 64.2 Å². The van der Waals surface area contributed by atoms with E-state index in [-0.39, 0.29) is 4.90 Å². The molecule has 3 aromatic rings. The Balaban J connectivity index is 1.86. The number of aryl methyl sites for hydroxylation is 2. The summed E-state index contributed by atoms with van der Waals surface area (Å²) in [5.41, 5.74) is 4.02. The summed E-state index contributed by atoms with van der Waals surface area (Å²) in [6.45, 7) is 3.69. The summed E-state index contributed by atoms with van der Waals surface area (Å²) >= 11 is 0. The number of hydrogen-bond acceptors (Lipinski definition) is 4. The third kappa shape index (κ3) is 3.27. The molecule has 1 aromatic heterocycles. The van der Waals surface area contributed by atoms with Crippen LogP contribution in [0.4, 0.5) is 5.69 Å². The van der Waals surface area contributed by atoms with Gasteiger partial charge in [0.15, 0.2) is 0 Å². The van der Waals surface area contributed by atoms with Crippen LogP contribution < -0.4 is 4.72 Å². The Labute approximate surface area is 135 Å². The molecule has 0 aliphatic rings. The van der Waals surface area contributed by atoms with Crippen molar-refractivity contribution in [2.75, 3.05) is 4.72 Å². The Hall–Kier alpha value is -2.60. The van der Waals surface area contributed by atoms with Crippen molar-refractivity contribution in [2.24, 2.45) is 0 Å². The first-order valence-electron chi connectivity index (χ1n) is 7.06. The second-order valence-corrected chi connectivity index (χ2v) is 6.99. The Kier molecular flexibility index (Phi) is 3.92. The number of nitrogens with zero attached hydrogens (tertiary/aromatic N) is 1. The third-order valence-electron chi connectivity index (χ3n) is 3.54. The molecule has 0 radical (unpaired) electrons. The standard InChI is InChI=1S/C17H16N2O3S/c1-12-3-5-14(6-4-12)15-7-9-16(10-8-15)23(20,21)19-17-11-22-18-13(17)2/h3-11,19H,1-2H3. The van der Waals surface area contributed by atoms with Gasteiger partial charge in [0, 0.05) is 0 Å². The minimum atomic E-state index is -3.66. The van der Waals surface area contributed by atoms with Crippen LogP contribution in [0.2, 0.25) is 0 Å². The van der Waals surface area contributed by atoms with Crippen LogP contribution in [-0.2, 0) is 10.0 Å². The Morgan fingerprint density at radius 3 is 2.00 bits per heavy atom. The first-order chi connectivity index (χ1) is 11.0. The summed E-state index contributed by atoms with van der Waals surface area (Å²) in [5, 5.41) is 3.65. The van der Waals surface area contributed by atoms with E-state index >= 15 is 0 Å². The molecule has 0 unspecified atom stereocenters. The zero-order valence-electron chi connectivity index (χ0n) is 12.8. The van der Waals surface area contributed by atoms with Gasteiger partial charge in [0.1, 0.15) is 17.6 Å². The summed E-state index contributed by atoms with van der Waals surface area (Å²) in [7, 11) is -3.66. The van der Waals surface area contributed by atoms with Crippen molar-refractivity contribution in [3.8, 4) is 11.1 Å². The maximum atomic E-state index is 12.4. The smallest absolute Gasteiger partial charge is 0.262 e. The number of nitrogens with one attached hydrogen (secondary N) is 1. The lowest BCUT2D eigenvalue weighted by molar-refractivity contribution is 0.415. The topological polar surface area (TPSA) is 72.2 Å². The predicted octanol–water partition coefficient (Wildman–Crippen LogP) is 3.76. The average Bonchev–Trinajstić information content (AvgIpc) is 2.93. The van der Waals surface area contributed by atoms with Crippen LogP contribution in [0, 0.1) is 13.8 Å². The summed E-state index contributed by atoms with van der Waals surface area (Å²) < 4.78 is 31.9. The minimum absolute atomic E-state index is 0.189. The third-order valence-corrected chi connectivity index (χ3v) is 4.93. The van der Waals surface area contributed by atoms with Gasteiger partial charge in [0.25, 0.3) is 10.0 Å². The van der Waals surface area contributed by atoms with Crippen LogP contribution in [0.5, 0.6) is 0 Å². The van der Waals surface area contributed by atoms with Crippen molar-refractivity contribution in [3.05, 3.63) is 66.1 Å². The lowest BCUT2D eigenvalue weighted by Crippen LogP contribution is -2.13. The molecule has 0 aliphatic carbocycles. The molecule has 0 amide bonds. The van der Waals surface area contributed by atoms with E-state index in [1.807, 2.05) is 31.2 Å². The molecule has 118 valence electrons. The number of anilines is 1. The minimum Gasteiger partial charge on any atom is -0.362 e. The number of benzene rings is 2. The zero-order valence-corrected chi connectivity index (χ0v) is 13.6. The van der Waals surface area contributed by atoms with E-state index in [0.717, 1.165) is 11.1 Å². The molecule has 1 N–H and O–H groups in total. The van der Waals surface area contributed by atoms with Crippen molar-refractivity contribution in [3.63, 3.8) is 0 Å². The van der Waals surface area contributed by atoms with E-state index < -0.39 is 10.0 Å². The summed E-state index contributed by atoms with van der Waals surface area (Å²) in [4.78, 5) is 0.189. The van der Waals surface area contributed by atoms with E-state index in [2.05, 4.69) is 9.88 Å². The second-order valence-electron chi connectivity index (χ2n) is 5.31. The number of rotatable bonds is 4. The molecule has 0 aliphatic heterocycles. The van der Waals surface area contributed by atoms with Gasteiger partial charge in [0.05, 0.1) is 4.90 Å². The molecular weight excluding hydrogens is 312 g/mol. The lowest BCUT2D eigenvalue weighted by Gasteiger charge is -2.08. The first-order valence-corrected chi connectivity index (χ1v) is 8.55. The highest BCUT2D eigenvalue weighted by Crippen LogP contribution is 2.23. The van der Waals surface area contributed by atoms with E-state index in [1.54, 1.807) is 31.2 Å². The predicted molar refractivity (Wildman–Crippen MR) is 88.7 cm³/mol. The Bertz CT molecular complexity index is 911. The fraction of sp³-hybridized carbons (Fsp3) is 0.118. The van der Waals surface area contributed by atoms with Crippen molar-refractivity contribution >= 4 is 15.7 Å². The lowest BCUT2D eigenvalue weighted by atomic mass is 10.0. The van der Waals surface area contributed by atoms with E-state index in [9.17, 15) is 8.42 Å². The quantitative estimate of drug-likeness (QED) is 0.791. The van der Waals surface area contributed by atoms with Gasteiger partial charge in [-0.3, -0.25) is 4.72 Å². The summed E-state index contributed by atoms with van der Waals surface area (Å²) in [6.07, 6.45) is 1.27. The molecule has 0 saturated heterocycles. The molecule has 2 aromatic carbocycles. The molecule has 6 heteroatoms. The van der Waals surface area contributed by atoms with Gasteiger partial charge in [-0.1, -0.05) is 47.1 Å². The second kappa shape index (κ2) is 5.89. The molecule has 0 atom stereocenters. The van der Waals surface area contributed by atoms with Crippen molar-refractivity contribution in [1.82, 2.24) is 5.16 Å². The van der Waals surface area contributed by atoms with Gasteiger partial charge >= 0.3 is 0 Å². The molecule has 0 fully saturated rings. The molecule has 1 heterocycles. The molecule has 3 rings (SSSR count). The highest BCUT2D eigenvalue weighted by atomic mass is 32.2. The van der Waals surface area contributed by atoms with E-state index in [4.69, 9.17) is 4.52 Å². The Morgan fingerprint density at radius 1 is 0.913 bits per heavy atom. The van der Waals surface area contributed by atoms with Crippen LogP contribution in [0.3, 0.4) is 0 Å². The van der Waals surface area contributed by atoms with Gasteiger partial charge < -0.3 is 4.52 Å². The maximum absolute atomic E-state index is 12.4. The van der Waals surface area contributed by atoms with Gasteiger partial charge in [0.2, 0.25) is 0 Å². The van der Waals surface area contributed by atoms with Crippen molar-refractivity contribution < 1.29 is 12.9 Å². The average molecular weight is 328 g/mol. The van der Waals surface area contributed by atoms with Gasteiger partial charge in [-0.05, 0) is 37.1 Å². The van der Waals surface area contributed by atoms with Crippen molar-refractivity contribution in [2.45, 2.75) is 18.7 Å². The van der Waals surface area contributed by atoms with E-state index in [0.29, 0.717) is 11.4 Å². The van der Waals surface area contributed by atoms with Gasteiger partial charge in [-0.2, -0.15) is 0 Å². The first kappa shape index (κ1) is 15.3. The fourth-order valence-corrected chi connectivity index (χ4v) is 3.26. The molecule has 0 spiro atoms. The summed E-state index contributed by atoms with van der Waals surface area (Å²) in [5.74, 6) is 0. The van der Waals surface area contributed by atoms with Crippen LogP contribution >= 0.6 is 0 Å². The molecule has 0 bridgehead atoms. The normalized spacial score (nSPS) is 11.4. The highest BCUT2D eigenvalue weighted by molar-refractivity contribution is 7.92. The molecular formula is C17H16N2O3S. The van der Waals surface area contributed by atoms with Crippen LogP contribution in [-0.4, -0.2) is 13.6 Å². The van der Waals surface area contributed by atoms with Crippen LogP contribution in [0.1, 0.15) is 11.3 Å². The number of aromatic nitrogens is 1. The SMILES string of the molecule is Cc1ccc(-c2ccc(S(=O)(=O)Nc3conc3C)cc2)cc1.